The van der Waals surface area contributed by atoms with Gasteiger partial charge in [0.2, 0.25) is 0 Å². The van der Waals surface area contributed by atoms with Crippen LogP contribution in [-0.2, 0) is 4.79 Å². The molecule has 0 amide bonds. The standard InChI is InChI=1S/C9H12O/c10-6-9-5-7-1-3-8(9)4-2-7/h5-8H,1-4H2. The number of rotatable bonds is 1. The summed E-state index contributed by atoms with van der Waals surface area (Å²) in [4.78, 5) is 10.5. The number of aldehydes is 1. The molecule has 3 aliphatic rings. The molecule has 10 heavy (non-hydrogen) atoms. The molecule has 0 aromatic rings. The highest BCUT2D eigenvalue weighted by Crippen LogP contribution is 2.39. The van der Waals surface area contributed by atoms with Gasteiger partial charge in [-0.25, -0.2) is 0 Å². The number of hydrogen-bond acceptors (Lipinski definition) is 1. The average Bonchev–Trinajstić information content (AvgIpc) is 2.06. The molecule has 0 spiro atoms. The largest absolute Gasteiger partial charge is 0.298 e. The van der Waals surface area contributed by atoms with Crippen LogP contribution in [0.25, 0.3) is 0 Å². The van der Waals surface area contributed by atoms with E-state index in [9.17, 15) is 4.79 Å². The van der Waals surface area contributed by atoms with Gasteiger partial charge in [-0.05, 0) is 43.1 Å². The smallest absolute Gasteiger partial charge is 0.145 e. The molecular formula is C9H12O. The minimum Gasteiger partial charge on any atom is -0.298 e. The number of allylic oxidation sites excluding steroid dienone is 2. The van der Waals surface area contributed by atoms with Crippen LogP contribution in [0.4, 0.5) is 0 Å². The van der Waals surface area contributed by atoms with E-state index >= 15 is 0 Å². The van der Waals surface area contributed by atoms with Gasteiger partial charge >= 0.3 is 0 Å². The molecule has 0 N–H and O–H groups in total. The van der Waals surface area contributed by atoms with Crippen molar-refractivity contribution in [2.24, 2.45) is 11.8 Å². The molecule has 1 heteroatoms. The van der Waals surface area contributed by atoms with Crippen LogP contribution >= 0.6 is 0 Å². The molecular weight excluding hydrogens is 124 g/mol. The van der Waals surface area contributed by atoms with Crippen molar-refractivity contribution in [2.75, 3.05) is 0 Å². The predicted octanol–water partition coefficient (Wildman–Crippen LogP) is 1.93. The predicted molar refractivity (Wildman–Crippen MR) is 39.6 cm³/mol. The molecule has 0 radical (unpaired) electrons. The molecule has 0 aromatic carbocycles. The third-order valence-electron chi connectivity index (χ3n) is 2.81. The monoisotopic (exact) mass is 136 g/mol. The lowest BCUT2D eigenvalue weighted by atomic mass is 9.72. The Morgan fingerprint density at radius 3 is 2.30 bits per heavy atom. The highest BCUT2D eigenvalue weighted by molar-refractivity contribution is 5.74. The second kappa shape index (κ2) is 2.22. The molecule has 3 aliphatic carbocycles. The van der Waals surface area contributed by atoms with Crippen molar-refractivity contribution < 1.29 is 4.79 Å². The third kappa shape index (κ3) is 0.808. The number of hydrogen-bond donors (Lipinski definition) is 0. The Morgan fingerprint density at radius 1 is 1.30 bits per heavy atom. The summed E-state index contributed by atoms with van der Waals surface area (Å²) in [6.07, 6.45) is 8.40. The minimum absolute atomic E-state index is 0.627. The van der Waals surface area contributed by atoms with E-state index in [1.54, 1.807) is 0 Å². The lowest BCUT2D eigenvalue weighted by molar-refractivity contribution is -0.105. The van der Waals surface area contributed by atoms with Crippen molar-refractivity contribution in [3.05, 3.63) is 11.6 Å². The zero-order chi connectivity index (χ0) is 6.97. The maximum atomic E-state index is 10.5. The van der Waals surface area contributed by atoms with Crippen LogP contribution < -0.4 is 0 Å². The zero-order valence-corrected chi connectivity index (χ0v) is 6.05. The van der Waals surface area contributed by atoms with Crippen LogP contribution in [0.2, 0.25) is 0 Å². The maximum Gasteiger partial charge on any atom is 0.145 e. The Balaban J connectivity index is 2.26. The van der Waals surface area contributed by atoms with E-state index in [2.05, 4.69) is 6.08 Å². The Labute approximate surface area is 61.1 Å². The summed E-state index contributed by atoms with van der Waals surface area (Å²) in [5.74, 6) is 1.37. The number of carbonyl (C=O) groups excluding carboxylic acids is 1. The molecule has 1 saturated carbocycles. The second-order valence-corrected chi connectivity index (χ2v) is 3.40. The van der Waals surface area contributed by atoms with Crippen molar-refractivity contribution in [3.63, 3.8) is 0 Å². The fraction of sp³-hybridized carbons (Fsp3) is 0.667. The molecule has 2 bridgehead atoms. The van der Waals surface area contributed by atoms with Crippen LogP contribution in [0.1, 0.15) is 25.7 Å². The topological polar surface area (TPSA) is 17.1 Å². The molecule has 0 saturated heterocycles. The molecule has 3 rings (SSSR count). The van der Waals surface area contributed by atoms with Gasteiger partial charge in [0, 0.05) is 0 Å². The highest BCUT2D eigenvalue weighted by atomic mass is 16.1. The molecule has 1 fully saturated rings. The summed E-state index contributed by atoms with van der Waals surface area (Å²) in [5, 5.41) is 0. The van der Waals surface area contributed by atoms with Crippen molar-refractivity contribution in [2.45, 2.75) is 25.7 Å². The normalized spacial score (nSPS) is 37.4. The molecule has 54 valence electrons. The van der Waals surface area contributed by atoms with E-state index in [0.29, 0.717) is 5.92 Å². The molecule has 0 atom stereocenters. The molecule has 0 aromatic heterocycles. The zero-order valence-electron chi connectivity index (χ0n) is 6.05. The summed E-state index contributed by atoms with van der Waals surface area (Å²) in [6.45, 7) is 0. The third-order valence-corrected chi connectivity index (χ3v) is 2.81. The maximum absolute atomic E-state index is 10.5. The Morgan fingerprint density at radius 2 is 2.00 bits per heavy atom. The lowest BCUT2D eigenvalue weighted by Gasteiger charge is -2.33. The Bertz CT molecular complexity index is 173. The molecule has 0 unspecified atom stereocenters. The van der Waals surface area contributed by atoms with Crippen LogP contribution in [-0.4, -0.2) is 6.29 Å². The Hall–Kier alpha value is -0.590. The number of carbonyl (C=O) groups is 1. The molecule has 0 heterocycles. The fourth-order valence-electron chi connectivity index (χ4n) is 2.16. The summed E-state index contributed by atoms with van der Waals surface area (Å²) in [5.41, 5.74) is 1.09. The summed E-state index contributed by atoms with van der Waals surface area (Å²) in [7, 11) is 0. The fourth-order valence-corrected chi connectivity index (χ4v) is 2.16. The van der Waals surface area contributed by atoms with Crippen molar-refractivity contribution >= 4 is 6.29 Å². The van der Waals surface area contributed by atoms with Crippen molar-refractivity contribution in [1.82, 2.24) is 0 Å². The lowest BCUT2D eigenvalue weighted by Crippen LogP contribution is -2.22. The van der Waals surface area contributed by atoms with Crippen molar-refractivity contribution in [3.8, 4) is 0 Å². The second-order valence-electron chi connectivity index (χ2n) is 3.40. The van der Waals surface area contributed by atoms with E-state index in [0.717, 1.165) is 17.8 Å². The summed E-state index contributed by atoms with van der Waals surface area (Å²) in [6, 6.07) is 0. The van der Waals surface area contributed by atoms with Gasteiger partial charge in [-0.15, -0.1) is 0 Å². The van der Waals surface area contributed by atoms with E-state index in [-0.39, 0.29) is 0 Å². The van der Waals surface area contributed by atoms with Crippen molar-refractivity contribution in [1.29, 1.82) is 0 Å². The van der Waals surface area contributed by atoms with Gasteiger partial charge in [-0.3, -0.25) is 4.79 Å². The summed E-state index contributed by atoms with van der Waals surface area (Å²) >= 11 is 0. The average molecular weight is 136 g/mol. The van der Waals surface area contributed by atoms with E-state index in [4.69, 9.17) is 0 Å². The van der Waals surface area contributed by atoms with Gasteiger partial charge in [0.25, 0.3) is 0 Å². The van der Waals surface area contributed by atoms with Crippen LogP contribution in [0.3, 0.4) is 0 Å². The first-order chi connectivity index (χ1) is 4.90. The molecule has 0 aliphatic heterocycles. The van der Waals surface area contributed by atoms with Gasteiger partial charge in [0.1, 0.15) is 6.29 Å². The van der Waals surface area contributed by atoms with E-state index in [1.807, 2.05) is 0 Å². The van der Waals surface area contributed by atoms with Gasteiger partial charge in [0.05, 0.1) is 0 Å². The first-order valence-corrected chi connectivity index (χ1v) is 4.07. The summed E-state index contributed by atoms with van der Waals surface area (Å²) < 4.78 is 0. The van der Waals surface area contributed by atoms with Gasteiger partial charge in [-0.1, -0.05) is 6.08 Å². The quantitative estimate of drug-likeness (QED) is 0.503. The SMILES string of the molecule is O=CC1=CC2CCC1CC2. The van der Waals surface area contributed by atoms with Gasteiger partial charge in [-0.2, -0.15) is 0 Å². The highest BCUT2D eigenvalue weighted by Gasteiger charge is 2.27. The van der Waals surface area contributed by atoms with Gasteiger partial charge < -0.3 is 0 Å². The van der Waals surface area contributed by atoms with Crippen LogP contribution in [0.15, 0.2) is 11.6 Å². The number of fused-ring (bicyclic) bond motifs is 2. The minimum atomic E-state index is 0.627. The Kier molecular flexibility index (Phi) is 1.37. The van der Waals surface area contributed by atoms with Crippen LogP contribution in [0.5, 0.6) is 0 Å². The first-order valence-electron chi connectivity index (χ1n) is 4.07. The van der Waals surface area contributed by atoms with E-state index in [1.165, 1.54) is 25.7 Å². The first kappa shape index (κ1) is 6.14. The molecule has 1 nitrogen and oxygen atoms in total. The van der Waals surface area contributed by atoms with Gasteiger partial charge in [0.15, 0.2) is 0 Å². The van der Waals surface area contributed by atoms with Crippen LogP contribution in [0, 0.1) is 11.8 Å². The van der Waals surface area contributed by atoms with E-state index < -0.39 is 0 Å².